The van der Waals surface area contributed by atoms with E-state index in [2.05, 4.69) is 38.6 Å². The molecular weight excluding hydrogens is 224 g/mol. The van der Waals surface area contributed by atoms with Gasteiger partial charge < -0.3 is 5.32 Å². The van der Waals surface area contributed by atoms with Gasteiger partial charge in [-0.15, -0.1) is 0 Å². The molecule has 4 heteroatoms. The summed E-state index contributed by atoms with van der Waals surface area (Å²) in [6.45, 7) is 2.45. The monoisotopic (exact) mass is 242 g/mol. The van der Waals surface area contributed by atoms with E-state index < -0.39 is 0 Å². The second-order valence-electron chi connectivity index (χ2n) is 5.49. The number of aromatic nitrogens is 2. The average Bonchev–Trinajstić information content (AvgIpc) is 2.94. The van der Waals surface area contributed by atoms with Gasteiger partial charge in [-0.3, -0.25) is 10.00 Å². The zero-order valence-electron chi connectivity index (χ0n) is 10.4. The van der Waals surface area contributed by atoms with Gasteiger partial charge in [0, 0.05) is 36.2 Å². The molecule has 18 heavy (non-hydrogen) atoms. The predicted molar refractivity (Wildman–Crippen MR) is 72.7 cm³/mol. The van der Waals surface area contributed by atoms with Gasteiger partial charge in [0.25, 0.3) is 0 Å². The molecular formula is C14H18N4. The summed E-state index contributed by atoms with van der Waals surface area (Å²) in [5.41, 5.74) is 2.32. The van der Waals surface area contributed by atoms with E-state index in [0.717, 1.165) is 11.6 Å². The van der Waals surface area contributed by atoms with Crippen LogP contribution in [0.3, 0.4) is 0 Å². The van der Waals surface area contributed by atoms with Crippen LogP contribution in [0.5, 0.6) is 0 Å². The highest BCUT2D eigenvalue weighted by atomic mass is 15.2. The van der Waals surface area contributed by atoms with Gasteiger partial charge in [0.05, 0.1) is 11.7 Å². The maximum absolute atomic E-state index is 4.11. The summed E-state index contributed by atoms with van der Waals surface area (Å²) in [4.78, 5) is 2.63. The highest BCUT2D eigenvalue weighted by Crippen LogP contribution is 2.31. The van der Waals surface area contributed by atoms with E-state index in [1.165, 1.54) is 43.4 Å². The molecule has 4 nitrogen and oxygen atoms in total. The fourth-order valence-corrected chi connectivity index (χ4v) is 2.99. The minimum absolute atomic E-state index is 0.589. The lowest BCUT2D eigenvalue weighted by Gasteiger charge is -2.17. The lowest BCUT2D eigenvalue weighted by Crippen LogP contribution is -2.27. The fraction of sp³-hybridized carbons (Fsp3) is 0.500. The Morgan fingerprint density at radius 3 is 3.11 bits per heavy atom. The summed E-state index contributed by atoms with van der Waals surface area (Å²) in [5, 5.41) is 12.0. The summed E-state index contributed by atoms with van der Waals surface area (Å²) in [6, 6.07) is 7.78. The molecule has 2 aliphatic rings. The number of aromatic amines is 1. The summed E-state index contributed by atoms with van der Waals surface area (Å²) in [7, 11) is 0. The smallest absolute Gasteiger partial charge is 0.0671 e. The molecule has 0 spiro atoms. The van der Waals surface area contributed by atoms with E-state index in [4.69, 9.17) is 0 Å². The van der Waals surface area contributed by atoms with Crippen LogP contribution in [0.4, 0.5) is 5.69 Å². The summed E-state index contributed by atoms with van der Waals surface area (Å²) in [5.74, 6) is 0. The van der Waals surface area contributed by atoms with E-state index >= 15 is 0 Å². The molecule has 94 valence electrons. The Morgan fingerprint density at radius 2 is 2.22 bits per heavy atom. The predicted octanol–water partition coefficient (Wildman–Crippen LogP) is 2.21. The first kappa shape index (κ1) is 10.4. The van der Waals surface area contributed by atoms with E-state index in [-0.39, 0.29) is 0 Å². The standard InChI is InChI=1S/C14H18N4/c1-2-13(12-8-15-17-14(12)3-1)16-10-6-7-18(9-10)11-4-5-11/h1-3,8,10-11,16H,4-7,9H2,(H,15,17). The third-order valence-corrected chi connectivity index (χ3v) is 4.13. The second-order valence-corrected chi connectivity index (χ2v) is 5.49. The van der Waals surface area contributed by atoms with E-state index in [1.807, 2.05) is 6.20 Å². The number of benzene rings is 1. The van der Waals surface area contributed by atoms with Gasteiger partial charge in [-0.2, -0.15) is 5.10 Å². The van der Waals surface area contributed by atoms with E-state index in [1.54, 1.807) is 0 Å². The minimum atomic E-state index is 0.589. The van der Waals surface area contributed by atoms with Crippen LogP contribution in [0.15, 0.2) is 24.4 Å². The van der Waals surface area contributed by atoms with Crippen LogP contribution < -0.4 is 5.32 Å². The van der Waals surface area contributed by atoms with Crippen LogP contribution in [0.2, 0.25) is 0 Å². The molecule has 1 unspecified atom stereocenters. The Balaban J connectivity index is 1.52. The number of likely N-dealkylation sites (tertiary alicyclic amines) is 1. The summed E-state index contributed by atoms with van der Waals surface area (Å²) in [6.07, 6.45) is 5.98. The van der Waals surface area contributed by atoms with Crippen molar-refractivity contribution in [3.05, 3.63) is 24.4 Å². The first-order valence-electron chi connectivity index (χ1n) is 6.83. The van der Waals surface area contributed by atoms with Gasteiger partial charge >= 0.3 is 0 Å². The Kier molecular flexibility index (Phi) is 2.30. The largest absolute Gasteiger partial charge is 0.380 e. The van der Waals surface area contributed by atoms with Crippen molar-refractivity contribution in [2.75, 3.05) is 18.4 Å². The molecule has 0 bridgehead atoms. The van der Waals surface area contributed by atoms with Crippen molar-refractivity contribution >= 4 is 16.6 Å². The zero-order chi connectivity index (χ0) is 11.9. The molecule has 2 fully saturated rings. The molecule has 2 heterocycles. The van der Waals surface area contributed by atoms with Crippen molar-refractivity contribution in [2.45, 2.75) is 31.3 Å². The number of nitrogens with zero attached hydrogens (tertiary/aromatic N) is 2. The average molecular weight is 242 g/mol. The Hall–Kier alpha value is -1.55. The number of fused-ring (bicyclic) bond motifs is 1. The molecule has 1 aliphatic heterocycles. The second kappa shape index (κ2) is 3.99. The first-order valence-corrected chi connectivity index (χ1v) is 6.83. The summed E-state index contributed by atoms with van der Waals surface area (Å²) < 4.78 is 0. The van der Waals surface area contributed by atoms with Crippen molar-refractivity contribution in [3.63, 3.8) is 0 Å². The first-order chi connectivity index (χ1) is 8.90. The third kappa shape index (κ3) is 1.77. The van der Waals surface area contributed by atoms with Crippen LogP contribution in [0.1, 0.15) is 19.3 Å². The molecule has 1 aliphatic carbocycles. The van der Waals surface area contributed by atoms with E-state index in [0.29, 0.717) is 6.04 Å². The number of H-pyrrole nitrogens is 1. The van der Waals surface area contributed by atoms with Gasteiger partial charge in [0.1, 0.15) is 0 Å². The molecule has 2 N–H and O–H groups in total. The van der Waals surface area contributed by atoms with Crippen LogP contribution in [-0.2, 0) is 0 Å². The number of anilines is 1. The Bertz CT molecular complexity index is 558. The highest BCUT2D eigenvalue weighted by molar-refractivity contribution is 5.90. The number of rotatable bonds is 3. The molecule has 1 atom stereocenters. The molecule has 2 aromatic rings. The van der Waals surface area contributed by atoms with Crippen molar-refractivity contribution in [1.82, 2.24) is 15.1 Å². The normalized spacial score (nSPS) is 24.8. The Morgan fingerprint density at radius 1 is 1.28 bits per heavy atom. The molecule has 1 saturated carbocycles. The summed E-state index contributed by atoms with van der Waals surface area (Å²) >= 11 is 0. The third-order valence-electron chi connectivity index (χ3n) is 4.13. The van der Waals surface area contributed by atoms with Crippen molar-refractivity contribution in [2.24, 2.45) is 0 Å². The fourth-order valence-electron chi connectivity index (χ4n) is 2.99. The van der Waals surface area contributed by atoms with Crippen molar-refractivity contribution < 1.29 is 0 Å². The zero-order valence-corrected chi connectivity index (χ0v) is 10.4. The Labute approximate surface area is 106 Å². The molecule has 0 amide bonds. The SMILES string of the molecule is c1cc(NC2CCN(C3CC3)C2)c2cn[nH]c2c1. The molecule has 1 aromatic carbocycles. The van der Waals surface area contributed by atoms with Crippen molar-refractivity contribution in [3.8, 4) is 0 Å². The number of hydrogen-bond donors (Lipinski definition) is 2. The number of hydrogen-bond acceptors (Lipinski definition) is 3. The molecule has 0 radical (unpaired) electrons. The van der Waals surface area contributed by atoms with Gasteiger partial charge in [0.15, 0.2) is 0 Å². The number of nitrogens with one attached hydrogen (secondary N) is 2. The molecule has 1 aromatic heterocycles. The van der Waals surface area contributed by atoms with Gasteiger partial charge in [-0.05, 0) is 31.4 Å². The maximum atomic E-state index is 4.11. The minimum Gasteiger partial charge on any atom is -0.380 e. The highest BCUT2D eigenvalue weighted by Gasteiger charge is 2.34. The van der Waals surface area contributed by atoms with Gasteiger partial charge in [-0.25, -0.2) is 0 Å². The molecule has 1 saturated heterocycles. The topological polar surface area (TPSA) is 44.0 Å². The van der Waals surface area contributed by atoms with Crippen molar-refractivity contribution in [1.29, 1.82) is 0 Å². The quantitative estimate of drug-likeness (QED) is 0.867. The van der Waals surface area contributed by atoms with Crippen LogP contribution in [0, 0.1) is 0 Å². The lowest BCUT2D eigenvalue weighted by molar-refractivity contribution is 0.326. The maximum Gasteiger partial charge on any atom is 0.0671 e. The van der Waals surface area contributed by atoms with E-state index in [9.17, 15) is 0 Å². The molecule has 4 rings (SSSR count). The van der Waals surface area contributed by atoms with Crippen LogP contribution >= 0.6 is 0 Å². The van der Waals surface area contributed by atoms with Crippen LogP contribution in [-0.4, -0.2) is 40.3 Å². The van der Waals surface area contributed by atoms with Gasteiger partial charge in [0.2, 0.25) is 0 Å². The van der Waals surface area contributed by atoms with Gasteiger partial charge in [-0.1, -0.05) is 6.07 Å². The van der Waals surface area contributed by atoms with Crippen LogP contribution in [0.25, 0.3) is 10.9 Å². The lowest BCUT2D eigenvalue weighted by atomic mass is 10.2.